The lowest BCUT2D eigenvalue weighted by atomic mass is 10.2. The highest BCUT2D eigenvalue weighted by molar-refractivity contribution is 7.99. The molecule has 1 N–H and O–H groups in total. The Labute approximate surface area is 139 Å². The van der Waals surface area contributed by atoms with Gasteiger partial charge in [-0.1, -0.05) is 30.0 Å². The van der Waals surface area contributed by atoms with Gasteiger partial charge < -0.3 is 10.1 Å². The molecule has 0 radical (unpaired) electrons. The summed E-state index contributed by atoms with van der Waals surface area (Å²) >= 11 is 1.55. The lowest BCUT2D eigenvalue weighted by Gasteiger charge is -2.19. The lowest BCUT2D eigenvalue weighted by molar-refractivity contribution is 0.0528. The van der Waals surface area contributed by atoms with E-state index in [9.17, 15) is 4.79 Å². The first-order chi connectivity index (χ1) is 11.0. The first kappa shape index (κ1) is 17.3. The zero-order chi connectivity index (χ0) is 16.7. The van der Waals surface area contributed by atoms with Crippen molar-refractivity contribution in [2.45, 2.75) is 37.9 Å². The molecule has 2 rings (SSSR count). The Kier molecular flexibility index (Phi) is 5.97. The van der Waals surface area contributed by atoms with Crippen LogP contribution in [0.15, 0.2) is 35.5 Å². The molecule has 8 heteroatoms. The molecular formula is C15H21N5O2S. The Morgan fingerprint density at radius 2 is 2.04 bits per heavy atom. The first-order valence-electron chi connectivity index (χ1n) is 7.39. The number of amides is 1. The average molecular weight is 335 g/mol. The van der Waals surface area contributed by atoms with Gasteiger partial charge in [-0.2, -0.15) is 4.68 Å². The zero-order valence-corrected chi connectivity index (χ0v) is 14.3. The first-order valence-corrected chi connectivity index (χ1v) is 8.38. The molecule has 1 amide bonds. The largest absolute Gasteiger partial charge is 0.444 e. The van der Waals surface area contributed by atoms with Crippen LogP contribution >= 0.6 is 11.8 Å². The second kappa shape index (κ2) is 7.96. The number of hydrogen-bond acceptors (Lipinski definition) is 6. The monoisotopic (exact) mass is 335 g/mol. The van der Waals surface area contributed by atoms with E-state index >= 15 is 0 Å². The Bertz CT molecular complexity index is 624. The molecule has 0 bridgehead atoms. The van der Waals surface area contributed by atoms with Crippen molar-refractivity contribution in [1.29, 1.82) is 0 Å². The Balaban J connectivity index is 1.74. The van der Waals surface area contributed by atoms with Gasteiger partial charge in [-0.25, -0.2) is 4.79 Å². The van der Waals surface area contributed by atoms with Crippen molar-refractivity contribution in [1.82, 2.24) is 25.5 Å². The number of alkyl carbamates (subject to hydrolysis) is 1. The van der Waals surface area contributed by atoms with E-state index in [2.05, 4.69) is 20.8 Å². The number of nitrogens with zero attached hydrogens (tertiary/aromatic N) is 4. The quantitative estimate of drug-likeness (QED) is 0.645. The van der Waals surface area contributed by atoms with Gasteiger partial charge in [-0.05, 0) is 49.8 Å². The van der Waals surface area contributed by atoms with E-state index in [-0.39, 0.29) is 0 Å². The molecule has 0 aliphatic rings. The molecule has 0 spiro atoms. The van der Waals surface area contributed by atoms with Crippen molar-refractivity contribution in [2.24, 2.45) is 0 Å². The van der Waals surface area contributed by atoms with Crippen molar-refractivity contribution in [3.8, 4) is 5.69 Å². The zero-order valence-electron chi connectivity index (χ0n) is 13.5. The van der Waals surface area contributed by atoms with Crippen molar-refractivity contribution in [2.75, 3.05) is 12.3 Å². The maximum Gasteiger partial charge on any atom is 0.407 e. The van der Waals surface area contributed by atoms with Gasteiger partial charge in [0.1, 0.15) is 5.60 Å². The van der Waals surface area contributed by atoms with Crippen LogP contribution in [0.4, 0.5) is 4.79 Å². The lowest BCUT2D eigenvalue weighted by Crippen LogP contribution is -2.33. The van der Waals surface area contributed by atoms with Crippen molar-refractivity contribution in [3.63, 3.8) is 0 Å². The second-order valence-corrected chi connectivity index (χ2v) is 6.90. The third-order valence-electron chi connectivity index (χ3n) is 2.66. The molecule has 124 valence electrons. The molecule has 0 atom stereocenters. The fourth-order valence-corrected chi connectivity index (χ4v) is 2.57. The molecule has 1 heterocycles. The van der Waals surface area contributed by atoms with Crippen molar-refractivity contribution in [3.05, 3.63) is 30.3 Å². The summed E-state index contributed by atoms with van der Waals surface area (Å²) in [6.07, 6.45) is 0.405. The van der Waals surface area contributed by atoms with E-state index in [1.54, 1.807) is 16.4 Å². The summed E-state index contributed by atoms with van der Waals surface area (Å²) in [5.41, 5.74) is 0.447. The SMILES string of the molecule is CC(C)(C)OC(=O)NCCCSc1nnnn1-c1ccccc1. The number of benzene rings is 1. The molecule has 0 unspecified atom stereocenters. The molecule has 1 aromatic carbocycles. The number of hydrogen-bond donors (Lipinski definition) is 1. The van der Waals surface area contributed by atoms with Crippen LogP contribution in [0.3, 0.4) is 0 Å². The maximum absolute atomic E-state index is 11.5. The normalized spacial score (nSPS) is 11.3. The Morgan fingerprint density at radius 3 is 2.74 bits per heavy atom. The summed E-state index contributed by atoms with van der Waals surface area (Å²) in [6.45, 7) is 6.07. The minimum Gasteiger partial charge on any atom is -0.444 e. The number of rotatable bonds is 6. The number of tetrazole rings is 1. The highest BCUT2D eigenvalue weighted by Crippen LogP contribution is 2.18. The summed E-state index contributed by atoms with van der Waals surface area (Å²) in [5.74, 6) is 0.795. The van der Waals surface area contributed by atoms with E-state index in [0.717, 1.165) is 23.0 Å². The Morgan fingerprint density at radius 1 is 1.30 bits per heavy atom. The molecule has 2 aromatic rings. The summed E-state index contributed by atoms with van der Waals surface area (Å²) in [5, 5.41) is 15.2. The molecular weight excluding hydrogens is 314 g/mol. The standard InChI is InChI=1S/C15H21N5O2S/c1-15(2,3)22-14(21)16-10-7-11-23-13-17-18-19-20(13)12-8-5-4-6-9-12/h4-6,8-9H,7,10-11H2,1-3H3,(H,16,21). The highest BCUT2D eigenvalue weighted by Gasteiger charge is 2.15. The van der Waals surface area contributed by atoms with Crippen LogP contribution in [-0.4, -0.2) is 44.2 Å². The van der Waals surface area contributed by atoms with Crippen LogP contribution in [0, 0.1) is 0 Å². The molecule has 0 saturated heterocycles. The second-order valence-electron chi connectivity index (χ2n) is 5.84. The molecule has 0 aliphatic heterocycles. The number of nitrogens with one attached hydrogen (secondary N) is 1. The minimum absolute atomic E-state index is 0.392. The third-order valence-corrected chi connectivity index (χ3v) is 3.67. The number of aromatic nitrogens is 4. The molecule has 7 nitrogen and oxygen atoms in total. The van der Waals surface area contributed by atoms with Crippen LogP contribution in [0.5, 0.6) is 0 Å². The van der Waals surface area contributed by atoms with Gasteiger partial charge in [0.25, 0.3) is 0 Å². The number of carbonyl (C=O) groups is 1. The third kappa shape index (κ3) is 5.90. The number of carbonyl (C=O) groups excluding carboxylic acids is 1. The van der Waals surface area contributed by atoms with Gasteiger partial charge in [0.15, 0.2) is 0 Å². The van der Waals surface area contributed by atoms with Crippen molar-refractivity contribution >= 4 is 17.9 Å². The van der Waals surface area contributed by atoms with Gasteiger partial charge in [0.2, 0.25) is 5.16 Å². The minimum atomic E-state index is -0.476. The van der Waals surface area contributed by atoms with Crippen LogP contribution in [0.2, 0.25) is 0 Å². The molecule has 0 aliphatic carbocycles. The number of thioether (sulfide) groups is 1. The summed E-state index contributed by atoms with van der Waals surface area (Å²) in [4.78, 5) is 11.5. The van der Waals surface area contributed by atoms with Crippen LogP contribution in [0.1, 0.15) is 27.2 Å². The van der Waals surface area contributed by atoms with E-state index in [4.69, 9.17) is 4.74 Å². The fraction of sp³-hybridized carbons (Fsp3) is 0.467. The summed E-state index contributed by atoms with van der Waals surface area (Å²) in [6, 6.07) is 9.73. The van der Waals surface area contributed by atoms with E-state index in [1.807, 2.05) is 51.1 Å². The molecule has 0 fully saturated rings. The number of ether oxygens (including phenoxy) is 1. The molecule has 23 heavy (non-hydrogen) atoms. The van der Waals surface area contributed by atoms with Gasteiger partial charge in [0, 0.05) is 12.3 Å². The smallest absolute Gasteiger partial charge is 0.407 e. The number of para-hydroxylation sites is 1. The van der Waals surface area contributed by atoms with Crippen LogP contribution in [-0.2, 0) is 4.74 Å². The predicted molar refractivity (Wildman–Crippen MR) is 88.7 cm³/mol. The predicted octanol–water partition coefficient (Wildman–Crippen LogP) is 2.67. The van der Waals surface area contributed by atoms with Crippen LogP contribution < -0.4 is 5.32 Å². The molecule has 1 aromatic heterocycles. The van der Waals surface area contributed by atoms with Gasteiger partial charge >= 0.3 is 6.09 Å². The van der Waals surface area contributed by atoms with Gasteiger partial charge in [-0.15, -0.1) is 5.10 Å². The fourth-order valence-electron chi connectivity index (χ4n) is 1.74. The summed E-state index contributed by atoms with van der Waals surface area (Å²) < 4.78 is 6.87. The van der Waals surface area contributed by atoms with Crippen molar-refractivity contribution < 1.29 is 9.53 Å². The van der Waals surface area contributed by atoms with Gasteiger partial charge in [-0.3, -0.25) is 0 Å². The van der Waals surface area contributed by atoms with E-state index in [1.165, 1.54) is 0 Å². The highest BCUT2D eigenvalue weighted by atomic mass is 32.2. The van der Waals surface area contributed by atoms with E-state index in [0.29, 0.717) is 6.54 Å². The summed E-state index contributed by atoms with van der Waals surface area (Å²) in [7, 11) is 0. The topological polar surface area (TPSA) is 81.9 Å². The van der Waals surface area contributed by atoms with Gasteiger partial charge in [0.05, 0.1) is 5.69 Å². The maximum atomic E-state index is 11.5. The molecule has 0 saturated carbocycles. The Hall–Kier alpha value is -2.09. The van der Waals surface area contributed by atoms with Crippen LogP contribution in [0.25, 0.3) is 5.69 Å². The average Bonchev–Trinajstić information content (AvgIpc) is 2.94. The van der Waals surface area contributed by atoms with E-state index < -0.39 is 11.7 Å².